The van der Waals surface area contributed by atoms with Crippen molar-refractivity contribution in [3.63, 3.8) is 0 Å². The highest BCUT2D eigenvalue weighted by atomic mass is 16.3. The smallest absolute Gasteiger partial charge is 0.133 e. The van der Waals surface area contributed by atoms with Crippen LogP contribution in [0.3, 0.4) is 0 Å². The van der Waals surface area contributed by atoms with E-state index in [9.17, 15) is 5.11 Å². The third-order valence-corrected chi connectivity index (χ3v) is 3.75. The molecule has 2 aliphatic rings. The highest BCUT2D eigenvalue weighted by Crippen LogP contribution is 2.38. The van der Waals surface area contributed by atoms with E-state index in [1.807, 2.05) is 12.3 Å². The van der Waals surface area contributed by atoms with Crippen LogP contribution in [0.2, 0.25) is 0 Å². The Morgan fingerprint density at radius 2 is 2.12 bits per heavy atom. The number of hydrogen-bond donors (Lipinski definition) is 1. The summed E-state index contributed by atoms with van der Waals surface area (Å²) in [6, 6.07) is 2.55. The minimum Gasteiger partial charge on any atom is -0.395 e. The zero-order chi connectivity index (χ0) is 11.7. The van der Waals surface area contributed by atoms with Crippen molar-refractivity contribution < 1.29 is 5.11 Å². The topological polar surface area (TPSA) is 49.2 Å². The molecule has 4 nitrogen and oxygen atoms in total. The lowest BCUT2D eigenvalue weighted by Gasteiger charge is -2.38. The third-order valence-electron chi connectivity index (χ3n) is 3.75. The molecule has 0 atom stereocenters. The molecule has 0 bridgehead atoms. The minimum atomic E-state index is 0.194. The molecule has 0 aromatic carbocycles. The number of aliphatic hydroxyl groups is 1. The van der Waals surface area contributed by atoms with E-state index in [4.69, 9.17) is 0 Å². The Labute approximate surface area is 102 Å². The minimum absolute atomic E-state index is 0.194. The highest BCUT2D eigenvalue weighted by molar-refractivity contribution is 5.40. The lowest BCUT2D eigenvalue weighted by atomic mass is 9.91. The molecule has 0 aliphatic heterocycles. The first-order valence-electron chi connectivity index (χ1n) is 6.59. The van der Waals surface area contributed by atoms with Gasteiger partial charge in [0.05, 0.1) is 6.61 Å². The predicted octanol–water partition coefficient (Wildman–Crippen LogP) is 1.71. The summed E-state index contributed by atoms with van der Waals surface area (Å²) >= 11 is 0. The van der Waals surface area contributed by atoms with Gasteiger partial charge in [-0.3, -0.25) is 0 Å². The van der Waals surface area contributed by atoms with Crippen molar-refractivity contribution >= 4 is 5.82 Å². The maximum Gasteiger partial charge on any atom is 0.133 e. The van der Waals surface area contributed by atoms with Gasteiger partial charge < -0.3 is 10.0 Å². The number of hydrogen-bond acceptors (Lipinski definition) is 4. The molecule has 0 radical (unpaired) electrons. The summed E-state index contributed by atoms with van der Waals surface area (Å²) in [7, 11) is 0. The fourth-order valence-electron chi connectivity index (χ4n) is 2.35. The second-order valence-corrected chi connectivity index (χ2v) is 5.05. The van der Waals surface area contributed by atoms with Crippen LogP contribution in [-0.2, 0) is 0 Å². The second-order valence-electron chi connectivity index (χ2n) is 5.05. The molecular weight excluding hydrogens is 214 g/mol. The van der Waals surface area contributed by atoms with Crippen molar-refractivity contribution in [1.82, 2.24) is 9.97 Å². The molecule has 1 aromatic rings. The molecule has 2 saturated carbocycles. The first-order chi connectivity index (χ1) is 8.38. The summed E-state index contributed by atoms with van der Waals surface area (Å²) in [6.45, 7) is 0.880. The molecule has 0 unspecified atom stereocenters. The van der Waals surface area contributed by atoms with Gasteiger partial charge >= 0.3 is 0 Å². The van der Waals surface area contributed by atoms with E-state index >= 15 is 0 Å². The van der Waals surface area contributed by atoms with Gasteiger partial charge in [-0.25, -0.2) is 9.97 Å². The average molecular weight is 233 g/mol. The zero-order valence-corrected chi connectivity index (χ0v) is 10.0. The maximum atomic E-state index is 9.17. The van der Waals surface area contributed by atoms with Crippen molar-refractivity contribution in [2.45, 2.75) is 44.1 Å². The summed E-state index contributed by atoms with van der Waals surface area (Å²) in [5.74, 6) is 2.58. The molecule has 0 saturated heterocycles. The highest BCUT2D eigenvalue weighted by Gasteiger charge is 2.29. The summed E-state index contributed by atoms with van der Waals surface area (Å²) in [6.07, 6.45) is 8.07. The Balaban J connectivity index is 1.80. The van der Waals surface area contributed by atoms with E-state index in [2.05, 4.69) is 14.9 Å². The van der Waals surface area contributed by atoms with Gasteiger partial charge in [0, 0.05) is 24.7 Å². The van der Waals surface area contributed by atoms with Gasteiger partial charge in [0.2, 0.25) is 0 Å². The number of nitrogens with zero attached hydrogens (tertiary/aromatic N) is 3. The predicted molar refractivity (Wildman–Crippen MR) is 66.1 cm³/mol. The number of rotatable bonds is 5. The molecule has 1 aromatic heterocycles. The molecule has 2 fully saturated rings. The van der Waals surface area contributed by atoms with Gasteiger partial charge in [0.25, 0.3) is 0 Å². The van der Waals surface area contributed by atoms with Crippen LogP contribution in [0.5, 0.6) is 0 Å². The average Bonchev–Trinajstić information content (AvgIpc) is 3.10. The molecule has 1 N–H and O–H groups in total. The molecule has 4 heteroatoms. The Bertz CT molecular complexity index is 388. The number of aromatic nitrogens is 2. The van der Waals surface area contributed by atoms with Gasteiger partial charge in [-0.2, -0.15) is 0 Å². The molecule has 92 valence electrons. The van der Waals surface area contributed by atoms with E-state index in [0.717, 1.165) is 11.6 Å². The molecule has 17 heavy (non-hydrogen) atoms. The van der Waals surface area contributed by atoms with Gasteiger partial charge in [-0.1, -0.05) is 0 Å². The van der Waals surface area contributed by atoms with Crippen molar-refractivity contribution in [3.05, 3.63) is 18.1 Å². The van der Waals surface area contributed by atoms with E-state index in [0.29, 0.717) is 18.5 Å². The van der Waals surface area contributed by atoms with Crippen LogP contribution in [-0.4, -0.2) is 34.3 Å². The fraction of sp³-hybridized carbons (Fsp3) is 0.692. The fourth-order valence-corrected chi connectivity index (χ4v) is 2.35. The third kappa shape index (κ3) is 2.27. The zero-order valence-electron chi connectivity index (χ0n) is 10.0. The Hall–Kier alpha value is -1.16. The number of anilines is 1. The largest absolute Gasteiger partial charge is 0.395 e. The SMILES string of the molecule is OCCN(c1ccnc(C2CC2)n1)C1CCC1. The Kier molecular flexibility index (Phi) is 2.97. The van der Waals surface area contributed by atoms with E-state index < -0.39 is 0 Å². The first-order valence-corrected chi connectivity index (χ1v) is 6.59. The lowest BCUT2D eigenvalue weighted by Crippen LogP contribution is -2.42. The first kappa shape index (κ1) is 11.0. The molecular formula is C13H19N3O. The van der Waals surface area contributed by atoms with Crippen LogP contribution < -0.4 is 4.90 Å². The van der Waals surface area contributed by atoms with Crippen molar-refractivity contribution in [1.29, 1.82) is 0 Å². The number of aliphatic hydroxyl groups excluding tert-OH is 1. The van der Waals surface area contributed by atoms with Crippen LogP contribution in [0.1, 0.15) is 43.8 Å². The van der Waals surface area contributed by atoms with Gasteiger partial charge in [0.15, 0.2) is 0 Å². The van der Waals surface area contributed by atoms with Crippen LogP contribution >= 0.6 is 0 Å². The van der Waals surface area contributed by atoms with Crippen LogP contribution in [0.15, 0.2) is 12.3 Å². The van der Waals surface area contributed by atoms with Crippen LogP contribution in [0, 0.1) is 0 Å². The summed E-state index contributed by atoms with van der Waals surface area (Å²) in [5.41, 5.74) is 0. The molecule has 0 amide bonds. The van der Waals surface area contributed by atoms with Gasteiger partial charge in [-0.05, 0) is 38.2 Å². The normalized spacial score (nSPS) is 20.1. The van der Waals surface area contributed by atoms with E-state index in [1.165, 1.54) is 32.1 Å². The lowest BCUT2D eigenvalue weighted by molar-refractivity contribution is 0.283. The second kappa shape index (κ2) is 4.61. The summed E-state index contributed by atoms with van der Waals surface area (Å²) in [4.78, 5) is 11.3. The van der Waals surface area contributed by atoms with Gasteiger partial charge in [0.1, 0.15) is 11.6 Å². The van der Waals surface area contributed by atoms with Gasteiger partial charge in [-0.15, -0.1) is 0 Å². The van der Waals surface area contributed by atoms with Crippen molar-refractivity contribution in [2.75, 3.05) is 18.1 Å². The van der Waals surface area contributed by atoms with Crippen LogP contribution in [0.4, 0.5) is 5.82 Å². The molecule has 2 aliphatic carbocycles. The molecule has 0 spiro atoms. The molecule has 3 rings (SSSR count). The van der Waals surface area contributed by atoms with Crippen LogP contribution in [0.25, 0.3) is 0 Å². The standard InChI is InChI=1S/C13H19N3O/c17-9-8-16(11-2-1-3-11)12-6-7-14-13(15-12)10-4-5-10/h6-7,10-11,17H,1-5,8-9H2. The Morgan fingerprint density at radius 3 is 2.71 bits per heavy atom. The maximum absolute atomic E-state index is 9.17. The quantitative estimate of drug-likeness (QED) is 0.841. The monoisotopic (exact) mass is 233 g/mol. The molecule has 1 heterocycles. The Morgan fingerprint density at radius 1 is 1.29 bits per heavy atom. The van der Waals surface area contributed by atoms with E-state index in [1.54, 1.807) is 0 Å². The summed E-state index contributed by atoms with van der Waals surface area (Å²) in [5, 5.41) is 9.17. The van der Waals surface area contributed by atoms with Crippen molar-refractivity contribution in [3.8, 4) is 0 Å². The van der Waals surface area contributed by atoms with E-state index in [-0.39, 0.29) is 6.61 Å². The van der Waals surface area contributed by atoms with Crippen molar-refractivity contribution in [2.24, 2.45) is 0 Å². The summed E-state index contributed by atoms with van der Waals surface area (Å²) < 4.78 is 0.